The number of nitrogens with one attached hydrogen (secondary N) is 1. The van der Waals surface area contributed by atoms with E-state index in [9.17, 15) is 27.6 Å². The zero-order valence-electron chi connectivity index (χ0n) is 18.6. The van der Waals surface area contributed by atoms with Crippen LogP contribution in [0.3, 0.4) is 0 Å². The predicted molar refractivity (Wildman–Crippen MR) is 122 cm³/mol. The Kier molecular flexibility index (Phi) is 5.68. The van der Waals surface area contributed by atoms with Gasteiger partial charge < -0.3 is 9.88 Å². The molecule has 0 fully saturated rings. The molecule has 34 heavy (non-hydrogen) atoms. The third kappa shape index (κ3) is 4.14. The Morgan fingerprint density at radius 2 is 1.71 bits per heavy atom. The third-order valence-corrected chi connectivity index (χ3v) is 5.61. The summed E-state index contributed by atoms with van der Waals surface area (Å²) in [4.78, 5) is 39.4. The van der Waals surface area contributed by atoms with Crippen LogP contribution in [-0.4, -0.2) is 19.6 Å². The Balaban J connectivity index is 1.81. The number of fused-ring (bicyclic) bond motifs is 1. The maximum absolute atomic E-state index is 13.4. The van der Waals surface area contributed by atoms with Gasteiger partial charge in [0.05, 0.1) is 16.8 Å². The first kappa shape index (κ1) is 23.1. The van der Waals surface area contributed by atoms with Gasteiger partial charge in [-0.3, -0.25) is 14.2 Å². The lowest BCUT2D eigenvalue weighted by Crippen LogP contribution is -2.41. The van der Waals surface area contributed by atoms with Gasteiger partial charge in [0.1, 0.15) is 12.1 Å². The fourth-order valence-corrected chi connectivity index (χ4v) is 3.85. The number of halogens is 3. The van der Waals surface area contributed by atoms with E-state index in [0.29, 0.717) is 11.4 Å². The van der Waals surface area contributed by atoms with Crippen molar-refractivity contribution in [2.75, 3.05) is 5.32 Å². The van der Waals surface area contributed by atoms with E-state index >= 15 is 0 Å². The van der Waals surface area contributed by atoms with Crippen molar-refractivity contribution < 1.29 is 18.0 Å². The highest BCUT2D eigenvalue weighted by Gasteiger charge is 2.30. The van der Waals surface area contributed by atoms with Gasteiger partial charge in [-0.1, -0.05) is 18.2 Å². The van der Waals surface area contributed by atoms with Crippen LogP contribution in [0.15, 0.2) is 64.2 Å². The second-order valence-electron chi connectivity index (χ2n) is 8.05. The van der Waals surface area contributed by atoms with Crippen molar-refractivity contribution in [1.29, 1.82) is 0 Å². The average Bonchev–Trinajstić information content (AvgIpc) is 3.05. The third-order valence-electron chi connectivity index (χ3n) is 5.61. The number of amides is 1. The lowest BCUT2D eigenvalue weighted by molar-refractivity contribution is -0.137. The summed E-state index contributed by atoms with van der Waals surface area (Å²) >= 11 is 0. The molecule has 1 N–H and O–H groups in total. The number of carbonyl (C=O) groups is 1. The van der Waals surface area contributed by atoms with Crippen LogP contribution in [0.4, 0.5) is 18.9 Å². The van der Waals surface area contributed by atoms with E-state index < -0.39 is 35.4 Å². The maximum Gasteiger partial charge on any atom is 0.416 e. The minimum atomic E-state index is -4.56. The fourth-order valence-electron chi connectivity index (χ4n) is 3.85. The summed E-state index contributed by atoms with van der Waals surface area (Å²) in [5, 5.41) is 2.41. The number of rotatable bonds is 4. The molecule has 10 heteroatoms. The van der Waals surface area contributed by atoms with E-state index in [1.807, 2.05) is 13.0 Å². The van der Waals surface area contributed by atoms with E-state index in [-0.39, 0.29) is 16.7 Å². The molecule has 2 aromatic carbocycles. The first-order valence-electron chi connectivity index (χ1n) is 10.3. The van der Waals surface area contributed by atoms with Gasteiger partial charge in [0.2, 0.25) is 5.91 Å². The summed E-state index contributed by atoms with van der Waals surface area (Å²) in [6.45, 7) is 3.08. The summed E-state index contributed by atoms with van der Waals surface area (Å²) in [7, 11) is 1.68. The molecule has 0 aliphatic rings. The molecule has 2 aromatic heterocycles. The van der Waals surface area contributed by atoms with Crippen LogP contribution in [0.25, 0.3) is 16.7 Å². The summed E-state index contributed by atoms with van der Waals surface area (Å²) in [6, 6.07) is 12.7. The second-order valence-corrected chi connectivity index (χ2v) is 8.05. The molecular weight excluding hydrogens is 449 g/mol. The molecule has 7 nitrogen and oxygen atoms in total. The molecule has 0 saturated carbocycles. The number of nitrogens with zero attached hydrogens (tertiary/aromatic N) is 3. The van der Waals surface area contributed by atoms with Crippen LogP contribution < -0.4 is 16.6 Å². The molecule has 2 heterocycles. The Bertz CT molecular complexity index is 1540. The van der Waals surface area contributed by atoms with E-state index in [1.165, 1.54) is 12.1 Å². The van der Waals surface area contributed by atoms with Crippen LogP contribution in [0.5, 0.6) is 0 Å². The minimum absolute atomic E-state index is 0.0552. The number of anilines is 1. The monoisotopic (exact) mass is 470 g/mol. The molecule has 0 saturated heterocycles. The van der Waals surface area contributed by atoms with Crippen molar-refractivity contribution in [3.8, 4) is 5.69 Å². The molecule has 0 spiro atoms. The summed E-state index contributed by atoms with van der Waals surface area (Å²) in [5.74, 6) is -0.710. The first-order valence-corrected chi connectivity index (χ1v) is 10.3. The van der Waals surface area contributed by atoms with E-state index in [0.717, 1.165) is 26.8 Å². The van der Waals surface area contributed by atoms with Crippen LogP contribution in [0.2, 0.25) is 0 Å². The second kappa shape index (κ2) is 8.36. The molecule has 176 valence electrons. The Morgan fingerprint density at radius 1 is 1.00 bits per heavy atom. The summed E-state index contributed by atoms with van der Waals surface area (Å²) in [5.41, 5.74) is 0.146. The highest BCUT2D eigenvalue weighted by molar-refractivity contribution is 5.91. The van der Waals surface area contributed by atoms with Gasteiger partial charge in [-0.2, -0.15) is 13.2 Å². The zero-order valence-corrected chi connectivity index (χ0v) is 18.6. The first-order chi connectivity index (χ1) is 16.0. The van der Waals surface area contributed by atoms with Gasteiger partial charge in [0.25, 0.3) is 5.56 Å². The predicted octanol–water partition coefficient (Wildman–Crippen LogP) is 3.77. The number of hydrogen-bond acceptors (Lipinski definition) is 3. The number of aryl methyl sites for hydroxylation is 3. The quantitative estimate of drug-likeness (QED) is 0.493. The van der Waals surface area contributed by atoms with Crippen molar-refractivity contribution >= 4 is 22.6 Å². The molecule has 4 rings (SSSR count). The molecular formula is C24H21F3N4O3. The highest BCUT2D eigenvalue weighted by Crippen LogP contribution is 2.30. The Morgan fingerprint density at radius 3 is 2.38 bits per heavy atom. The van der Waals surface area contributed by atoms with Gasteiger partial charge in [0.15, 0.2) is 0 Å². The van der Waals surface area contributed by atoms with Gasteiger partial charge in [0, 0.05) is 18.4 Å². The van der Waals surface area contributed by atoms with Crippen LogP contribution >= 0.6 is 0 Å². The fraction of sp³-hybridized carbons (Fsp3) is 0.208. The van der Waals surface area contributed by atoms with E-state index in [1.54, 1.807) is 42.8 Å². The zero-order chi connectivity index (χ0) is 24.8. The van der Waals surface area contributed by atoms with Crippen LogP contribution in [0.1, 0.15) is 16.8 Å². The normalized spacial score (nSPS) is 11.7. The number of alkyl halides is 3. The van der Waals surface area contributed by atoms with Gasteiger partial charge in [-0.25, -0.2) is 9.36 Å². The van der Waals surface area contributed by atoms with E-state index in [4.69, 9.17) is 0 Å². The minimum Gasteiger partial charge on any atom is -0.342 e. The molecule has 0 aliphatic heterocycles. The van der Waals surface area contributed by atoms with E-state index in [2.05, 4.69) is 5.32 Å². The highest BCUT2D eigenvalue weighted by atomic mass is 19.4. The van der Waals surface area contributed by atoms with Gasteiger partial charge in [-0.05, 0) is 55.8 Å². The molecule has 1 amide bonds. The maximum atomic E-state index is 13.4. The number of aromatic nitrogens is 3. The van der Waals surface area contributed by atoms with Crippen LogP contribution in [-0.2, 0) is 24.6 Å². The summed E-state index contributed by atoms with van der Waals surface area (Å²) in [6.07, 6.45) is -4.56. The van der Waals surface area contributed by atoms with Gasteiger partial charge in [-0.15, -0.1) is 0 Å². The van der Waals surface area contributed by atoms with Crippen molar-refractivity contribution in [2.45, 2.75) is 26.6 Å². The molecule has 0 atom stereocenters. The molecule has 0 unspecified atom stereocenters. The molecule has 0 radical (unpaired) electrons. The van der Waals surface area contributed by atoms with Crippen molar-refractivity contribution in [1.82, 2.24) is 13.7 Å². The van der Waals surface area contributed by atoms with Crippen molar-refractivity contribution in [3.63, 3.8) is 0 Å². The number of carbonyl (C=O) groups excluding carboxylic acids is 1. The summed E-state index contributed by atoms with van der Waals surface area (Å²) < 4.78 is 42.8. The Labute approximate surface area is 191 Å². The topological polar surface area (TPSA) is 78.0 Å². The lowest BCUT2D eigenvalue weighted by atomic mass is 10.2. The lowest BCUT2D eigenvalue weighted by Gasteiger charge is -2.14. The SMILES string of the molecule is Cc1cccc(-n2c(=O)c3c(cc(C)n3C)n(CC(=O)Nc3cccc(C(F)(F)F)c3)c2=O)c1. The van der Waals surface area contributed by atoms with Crippen molar-refractivity contribution in [2.24, 2.45) is 7.05 Å². The molecule has 0 aliphatic carbocycles. The molecule has 0 bridgehead atoms. The number of hydrogen-bond donors (Lipinski definition) is 1. The smallest absolute Gasteiger partial charge is 0.342 e. The van der Waals surface area contributed by atoms with Crippen LogP contribution in [0, 0.1) is 13.8 Å². The van der Waals surface area contributed by atoms with Crippen molar-refractivity contribution in [3.05, 3.63) is 92.3 Å². The average molecular weight is 470 g/mol. The largest absolute Gasteiger partial charge is 0.416 e. The molecule has 4 aromatic rings. The standard InChI is InChI=1S/C24H21F3N4O3/c1-14-6-4-9-18(10-14)31-22(33)21-19(11-15(2)29(21)3)30(23(31)34)13-20(32)28-17-8-5-7-16(12-17)24(25,26)27/h4-12H,13H2,1-3H3,(H,28,32). The Hall–Kier alpha value is -4.08. The van der Waals surface area contributed by atoms with Gasteiger partial charge >= 0.3 is 11.9 Å². The number of benzene rings is 2.